The maximum Gasteiger partial charge on any atom is 0.435 e. The quantitative estimate of drug-likeness (QED) is 0.817. The highest BCUT2D eigenvalue weighted by Crippen LogP contribution is 2.36. The second kappa shape index (κ2) is 5.31. The van der Waals surface area contributed by atoms with E-state index in [1.807, 2.05) is 19.1 Å². The monoisotopic (exact) mass is 282 g/mol. The number of benzene rings is 1. The van der Waals surface area contributed by atoms with E-state index in [1.165, 1.54) is 17.9 Å². The van der Waals surface area contributed by atoms with Crippen molar-refractivity contribution in [1.82, 2.24) is 9.78 Å². The van der Waals surface area contributed by atoms with Gasteiger partial charge in [0.25, 0.3) is 0 Å². The SMILES string of the molecule is CCCc1cc(-c2cn(C)nc2C(F)(F)F)ccc1C. The number of aromatic nitrogens is 2. The highest BCUT2D eigenvalue weighted by atomic mass is 19.4. The molecule has 0 amide bonds. The Bertz CT molecular complexity index is 612. The summed E-state index contributed by atoms with van der Waals surface area (Å²) in [6.07, 6.45) is -1.19. The summed E-state index contributed by atoms with van der Waals surface area (Å²) >= 11 is 0. The first-order chi connectivity index (χ1) is 9.32. The van der Waals surface area contributed by atoms with Crippen molar-refractivity contribution in [1.29, 1.82) is 0 Å². The van der Waals surface area contributed by atoms with Crippen molar-refractivity contribution in [2.75, 3.05) is 0 Å². The Morgan fingerprint density at radius 2 is 1.95 bits per heavy atom. The van der Waals surface area contributed by atoms with E-state index >= 15 is 0 Å². The number of rotatable bonds is 3. The molecule has 0 bridgehead atoms. The van der Waals surface area contributed by atoms with E-state index in [0.717, 1.165) is 24.0 Å². The summed E-state index contributed by atoms with van der Waals surface area (Å²) in [6, 6.07) is 5.43. The number of aryl methyl sites for hydroxylation is 3. The second-order valence-corrected chi connectivity index (χ2v) is 4.95. The molecule has 0 radical (unpaired) electrons. The van der Waals surface area contributed by atoms with Crippen LogP contribution in [0.1, 0.15) is 30.2 Å². The van der Waals surface area contributed by atoms with E-state index < -0.39 is 11.9 Å². The van der Waals surface area contributed by atoms with Gasteiger partial charge in [0.1, 0.15) is 0 Å². The summed E-state index contributed by atoms with van der Waals surface area (Å²) in [5.74, 6) is 0. The van der Waals surface area contributed by atoms with E-state index in [4.69, 9.17) is 0 Å². The van der Waals surface area contributed by atoms with E-state index in [0.29, 0.717) is 5.56 Å². The molecule has 0 aliphatic carbocycles. The van der Waals surface area contributed by atoms with Gasteiger partial charge in [0.15, 0.2) is 5.69 Å². The molecular formula is C15H17F3N2. The zero-order chi connectivity index (χ0) is 14.9. The molecule has 0 unspecified atom stereocenters. The van der Waals surface area contributed by atoms with Gasteiger partial charge in [0, 0.05) is 18.8 Å². The first-order valence-corrected chi connectivity index (χ1v) is 6.53. The van der Waals surface area contributed by atoms with Gasteiger partial charge in [0.05, 0.1) is 0 Å². The van der Waals surface area contributed by atoms with Gasteiger partial charge in [-0.05, 0) is 30.0 Å². The van der Waals surface area contributed by atoms with Crippen LogP contribution in [-0.4, -0.2) is 9.78 Å². The molecule has 108 valence electrons. The molecule has 0 saturated carbocycles. The van der Waals surface area contributed by atoms with Gasteiger partial charge in [-0.15, -0.1) is 0 Å². The Kier molecular flexibility index (Phi) is 3.88. The van der Waals surface area contributed by atoms with Crippen LogP contribution in [0.15, 0.2) is 24.4 Å². The molecular weight excluding hydrogens is 265 g/mol. The van der Waals surface area contributed by atoms with E-state index in [-0.39, 0.29) is 5.56 Å². The van der Waals surface area contributed by atoms with Crippen LogP contribution in [-0.2, 0) is 19.6 Å². The molecule has 2 nitrogen and oxygen atoms in total. The lowest BCUT2D eigenvalue weighted by atomic mass is 9.97. The number of halogens is 3. The standard InChI is InChI=1S/C15H17F3N2/c1-4-5-11-8-12(7-6-10(11)2)13-9-20(3)19-14(13)15(16,17)18/h6-9H,4-5H2,1-3H3. The fourth-order valence-corrected chi connectivity index (χ4v) is 2.29. The lowest BCUT2D eigenvalue weighted by Gasteiger charge is -2.09. The molecule has 0 atom stereocenters. The predicted octanol–water partition coefficient (Wildman–Crippen LogP) is 4.37. The maximum atomic E-state index is 13.0. The molecule has 0 N–H and O–H groups in total. The largest absolute Gasteiger partial charge is 0.435 e. The summed E-state index contributed by atoms with van der Waals surface area (Å²) in [4.78, 5) is 0. The third-order valence-corrected chi connectivity index (χ3v) is 3.28. The second-order valence-electron chi connectivity index (χ2n) is 4.95. The molecule has 0 aliphatic heterocycles. The van der Waals surface area contributed by atoms with Gasteiger partial charge in [-0.1, -0.05) is 31.5 Å². The van der Waals surface area contributed by atoms with Crippen LogP contribution in [0.3, 0.4) is 0 Å². The van der Waals surface area contributed by atoms with Crippen LogP contribution in [0.4, 0.5) is 13.2 Å². The normalized spacial score (nSPS) is 11.9. The van der Waals surface area contributed by atoms with Crippen LogP contribution in [0.2, 0.25) is 0 Å². The van der Waals surface area contributed by atoms with Crippen molar-refractivity contribution in [3.63, 3.8) is 0 Å². The Morgan fingerprint density at radius 1 is 1.25 bits per heavy atom. The average molecular weight is 282 g/mol. The highest BCUT2D eigenvalue weighted by molar-refractivity contribution is 5.67. The molecule has 0 spiro atoms. The molecule has 2 rings (SSSR count). The van der Waals surface area contributed by atoms with E-state index in [9.17, 15) is 13.2 Å². The molecule has 0 fully saturated rings. The zero-order valence-corrected chi connectivity index (χ0v) is 11.8. The Labute approximate surface area is 116 Å². The Hall–Kier alpha value is -1.78. The van der Waals surface area contributed by atoms with Crippen LogP contribution < -0.4 is 0 Å². The van der Waals surface area contributed by atoms with Crippen LogP contribution >= 0.6 is 0 Å². The Morgan fingerprint density at radius 3 is 2.55 bits per heavy atom. The van der Waals surface area contributed by atoms with Crippen LogP contribution in [0.5, 0.6) is 0 Å². The lowest BCUT2D eigenvalue weighted by Crippen LogP contribution is -2.08. The number of hydrogen-bond donors (Lipinski definition) is 0. The minimum atomic E-state index is -4.44. The molecule has 5 heteroatoms. The van der Waals surface area contributed by atoms with Crippen molar-refractivity contribution >= 4 is 0 Å². The smallest absolute Gasteiger partial charge is 0.275 e. The zero-order valence-electron chi connectivity index (χ0n) is 11.8. The minimum Gasteiger partial charge on any atom is -0.275 e. The number of alkyl halides is 3. The van der Waals surface area contributed by atoms with Crippen molar-refractivity contribution < 1.29 is 13.2 Å². The lowest BCUT2D eigenvalue weighted by molar-refractivity contribution is -0.140. The van der Waals surface area contributed by atoms with Crippen molar-refractivity contribution in [2.45, 2.75) is 32.9 Å². The van der Waals surface area contributed by atoms with Gasteiger partial charge in [-0.3, -0.25) is 4.68 Å². The van der Waals surface area contributed by atoms with Crippen molar-refractivity contribution in [3.05, 3.63) is 41.2 Å². The van der Waals surface area contributed by atoms with Gasteiger partial charge in [-0.25, -0.2) is 0 Å². The fourth-order valence-electron chi connectivity index (χ4n) is 2.29. The predicted molar refractivity (Wildman–Crippen MR) is 72.4 cm³/mol. The van der Waals surface area contributed by atoms with E-state index in [1.54, 1.807) is 6.07 Å². The summed E-state index contributed by atoms with van der Waals surface area (Å²) in [7, 11) is 1.50. The fraction of sp³-hybridized carbons (Fsp3) is 0.400. The number of hydrogen-bond acceptors (Lipinski definition) is 1. The first-order valence-electron chi connectivity index (χ1n) is 6.53. The maximum absolute atomic E-state index is 13.0. The van der Waals surface area contributed by atoms with Gasteiger partial charge in [-0.2, -0.15) is 18.3 Å². The summed E-state index contributed by atoms with van der Waals surface area (Å²) < 4.78 is 40.2. The molecule has 1 aromatic heterocycles. The topological polar surface area (TPSA) is 17.8 Å². The highest BCUT2D eigenvalue weighted by Gasteiger charge is 2.37. The van der Waals surface area contributed by atoms with Gasteiger partial charge >= 0.3 is 6.18 Å². The molecule has 0 saturated heterocycles. The van der Waals surface area contributed by atoms with Crippen molar-refractivity contribution in [3.8, 4) is 11.1 Å². The summed E-state index contributed by atoms with van der Waals surface area (Å²) in [5, 5.41) is 3.55. The summed E-state index contributed by atoms with van der Waals surface area (Å²) in [5.41, 5.74) is 2.07. The Balaban J connectivity index is 2.54. The first kappa shape index (κ1) is 14.6. The van der Waals surface area contributed by atoms with Gasteiger partial charge < -0.3 is 0 Å². The van der Waals surface area contributed by atoms with Crippen LogP contribution in [0.25, 0.3) is 11.1 Å². The molecule has 20 heavy (non-hydrogen) atoms. The minimum absolute atomic E-state index is 0.136. The van der Waals surface area contributed by atoms with Gasteiger partial charge in [0.2, 0.25) is 0 Å². The molecule has 1 heterocycles. The van der Waals surface area contributed by atoms with Crippen LogP contribution in [0, 0.1) is 6.92 Å². The third-order valence-electron chi connectivity index (χ3n) is 3.28. The summed E-state index contributed by atoms with van der Waals surface area (Å²) in [6.45, 7) is 4.03. The molecule has 0 aliphatic rings. The molecule has 1 aromatic carbocycles. The number of nitrogens with zero attached hydrogens (tertiary/aromatic N) is 2. The van der Waals surface area contributed by atoms with Crippen molar-refractivity contribution in [2.24, 2.45) is 7.05 Å². The van der Waals surface area contributed by atoms with E-state index in [2.05, 4.69) is 12.0 Å². The third kappa shape index (κ3) is 2.86. The average Bonchev–Trinajstić information content (AvgIpc) is 2.74. The molecule has 2 aromatic rings.